The first kappa shape index (κ1) is 16.0. The topological polar surface area (TPSA) is 0 Å². The molecule has 0 saturated carbocycles. The summed E-state index contributed by atoms with van der Waals surface area (Å²) in [6.07, 6.45) is 0. The minimum absolute atomic E-state index is 0. The van der Waals surface area contributed by atoms with Gasteiger partial charge in [-0.05, 0) is 0 Å². The predicted molar refractivity (Wildman–Crippen MR) is 19.1 cm³/mol. The van der Waals surface area contributed by atoms with Crippen LogP contribution in [0.4, 0.5) is 0 Å². The molecule has 0 fully saturated rings. The molecule has 0 spiro atoms. The van der Waals surface area contributed by atoms with Crippen molar-refractivity contribution in [2.75, 3.05) is 0 Å². The average molecular weight is 426 g/mol. The zero-order valence-electron chi connectivity index (χ0n) is 2.06. The third-order valence-electron chi connectivity index (χ3n) is 0. The Hall–Kier alpha value is 2.58. The van der Waals surface area contributed by atoms with Crippen LogP contribution in [0.3, 0.4) is 0 Å². The quantitative estimate of drug-likeness (QED) is 0.487. The van der Waals surface area contributed by atoms with Gasteiger partial charge in [0, 0.05) is 46.8 Å². The van der Waals surface area contributed by atoms with Gasteiger partial charge in [0.25, 0.3) is 0 Å². The SMILES string of the molecule is [Pb].[S]=[Sb].[Zn]. The van der Waals surface area contributed by atoms with Crippen molar-refractivity contribution < 1.29 is 19.5 Å². The van der Waals surface area contributed by atoms with Crippen molar-refractivity contribution in [2.45, 2.75) is 0 Å². The Balaban J connectivity index is -0.00000000500. The van der Waals surface area contributed by atoms with Crippen LogP contribution in [0, 0.1) is 0 Å². The Morgan fingerprint density at radius 2 is 1.25 bits per heavy atom. The summed E-state index contributed by atoms with van der Waals surface area (Å²) in [5.74, 6) is 0. The molecule has 0 nitrogen and oxygen atoms in total. The van der Waals surface area contributed by atoms with Crippen LogP contribution in [0.15, 0.2) is 0 Å². The molecular weight excluding hydrogens is 426 g/mol. The summed E-state index contributed by atoms with van der Waals surface area (Å²) in [5, 5.41) is 0. The van der Waals surface area contributed by atoms with Crippen LogP contribution < -0.4 is 0 Å². The summed E-state index contributed by atoms with van der Waals surface area (Å²) in [5.41, 5.74) is 0. The molecule has 0 aliphatic rings. The van der Waals surface area contributed by atoms with Crippen LogP contribution in [0.1, 0.15) is 0 Å². The number of hydrogen-bond donors (Lipinski definition) is 0. The zero-order valence-corrected chi connectivity index (χ0v) is 12.3. The normalized spacial score (nSPS) is 1.00. The molecule has 0 N–H and O–H groups in total. The molecule has 0 amide bonds. The summed E-state index contributed by atoms with van der Waals surface area (Å²) >= 11 is 1.33. The fourth-order valence-corrected chi connectivity index (χ4v) is 0. The molecule has 4 heteroatoms. The van der Waals surface area contributed by atoms with E-state index in [0.29, 0.717) is 0 Å². The van der Waals surface area contributed by atoms with E-state index in [2.05, 4.69) is 9.19 Å². The molecule has 0 aromatic rings. The maximum absolute atomic E-state index is 4.13. The largest absolute Gasteiger partial charge is 0 e. The van der Waals surface area contributed by atoms with Gasteiger partial charge in [-0.15, -0.1) is 0 Å². The van der Waals surface area contributed by atoms with Crippen molar-refractivity contribution in [1.29, 1.82) is 0 Å². The average Bonchev–Trinajstić information content (AvgIpc) is 1.00. The van der Waals surface area contributed by atoms with Crippen LogP contribution in [0.25, 0.3) is 0 Å². The predicted octanol–water partition coefficient (Wildman–Crippen LogP) is -0.116. The van der Waals surface area contributed by atoms with E-state index >= 15 is 0 Å². The Morgan fingerprint density at radius 3 is 1.25 bits per heavy atom. The second-order valence-electron chi connectivity index (χ2n) is 0. The van der Waals surface area contributed by atoms with E-state index in [1.54, 1.807) is 0 Å². The van der Waals surface area contributed by atoms with E-state index in [4.69, 9.17) is 0 Å². The summed E-state index contributed by atoms with van der Waals surface area (Å²) in [4.78, 5) is 0. The van der Waals surface area contributed by atoms with Gasteiger partial charge >= 0.3 is 30.2 Å². The van der Waals surface area contributed by atoms with Crippen LogP contribution >= 0.6 is 9.19 Å². The molecule has 0 unspecified atom stereocenters. The maximum Gasteiger partial charge on any atom is 0 e. The van der Waals surface area contributed by atoms with E-state index < -0.39 is 0 Å². The van der Waals surface area contributed by atoms with Crippen molar-refractivity contribution in [3.63, 3.8) is 0 Å². The summed E-state index contributed by atoms with van der Waals surface area (Å²) in [6.45, 7) is 0. The van der Waals surface area contributed by atoms with E-state index in [1.165, 1.54) is 21.1 Å². The number of rotatable bonds is 0. The first-order valence-corrected chi connectivity index (χ1v) is 3.67. The molecule has 5 radical (unpaired) electrons. The molecule has 0 aromatic heterocycles. The first-order valence-electron chi connectivity index (χ1n) is 0.183. The first-order chi connectivity index (χ1) is 1.00. The molecule has 0 heterocycles. The van der Waals surface area contributed by atoms with Gasteiger partial charge < -0.3 is 0 Å². The van der Waals surface area contributed by atoms with Crippen LogP contribution in [-0.4, -0.2) is 48.4 Å². The second kappa shape index (κ2) is 17.6. The van der Waals surface area contributed by atoms with Gasteiger partial charge in [0.2, 0.25) is 0 Å². The third-order valence-corrected chi connectivity index (χ3v) is 0. The van der Waals surface area contributed by atoms with Crippen molar-refractivity contribution in [3.05, 3.63) is 0 Å². The minimum atomic E-state index is 0. The zero-order chi connectivity index (χ0) is 2.00. The van der Waals surface area contributed by atoms with E-state index in [-0.39, 0.29) is 46.8 Å². The van der Waals surface area contributed by atoms with Crippen molar-refractivity contribution in [2.24, 2.45) is 0 Å². The van der Waals surface area contributed by atoms with Crippen molar-refractivity contribution in [1.82, 2.24) is 0 Å². The Bertz CT molecular complexity index is 8.00. The molecule has 4 heavy (non-hydrogen) atoms. The fourth-order valence-electron chi connectivity index (χ4n) is 0. The van der Waals surface area contributed by atoms with Gasteiger partial charge in [-0.25, -0.2) is 0 Å². The molecule has 0 aliphatic carbocycles. The molecule has 0 aromatic carbocycles. The molecule has 0 bridgehead atoms. The Labute approximate surface area is 75.6 Å². The van der Waals surface area contributed by atoms with Gasteiger partial charge in [-0.2, -0.15) is 0 Å². The van der Waals surface area contributed by atoms with Crippen molar-refractivity contribution >= 4 is 57.5 Å². The minimum Gasteiger partial charge on any atom is 0 e. The summed E-state index contributed by atoms with van der Waals surface area (Å²) < 4.78 is 0. The van der Waals surface area contributed by atoms with Crippen LogP contribution in [-0.2, 0) is 19.5 Å². The standard InChI is InChI=1S/Pb.S.Sb.Zn. The third kappa shape index (κ3) is 8.82. The van der Waals surface area contributed by atoms with Crippen LogP contribution in [0.2, 0.25) is 0 Å². The second-order valence-corrected chi connectivity index (χ2v) is 0. The molecule has 0 aliphatic heterocycles. The Morgan fingerprint density at radius 1 is 1.25 bits per heavy atom. The summed E-state index contributed by atoms with van der Waals surface area (Å²) in [6, 6.07) is 0. The van der Waals surface area contributed by atoms with E-state index in [1.807, 2.05) is 0 Å². The molecule has 17 valence electrons. The van der Waals surface area contributed by atoms with Gasteiger partial charge in [-0.3, -0.25) is 0 Å². The molecular formula is PbSSbZn. The Kier molecular flexibility index (Phi) is 70.2. The smallest absolute Gasteiger partial charge is 0 e. The fraction of sp³-hybridized carbons (Fsp3) is 0. The molecule has 0 atom stereocenters. The van der Waals surface area contributed by atoms with Gasteiger partial charge in [0.05, 0.1) is 0 Å². The molecule has 0 saturated heterocycles. The monoisotopic (exact) mass is 425 g/mol. The maximum atomic E-state index is 4.13. The van der Waals surface area contributed by atoms with Gasteiger partial charge in [0.15, 0.2) is 0 Å². The van der Waals surface area contributed by atoms with E-state index in [0.717, 1.165) is 0 Å². The van der Waals surface area contributed by atoms with Crippen molar-refractivity contribution in [3.8, 4) is 0 Å². The number of hydrogen-bond acceptors (Lipinski definition) is 1. The van der Waals surface area contributed by atoms with E-state index in [9.17, 15) is 0 Å². The van der Waals surface area contributed by atoms with Crippen LogP contribution in [0.5, 0.6) is 0 Å². The van der Waals surface area contributed by atoms with Gasteiger partial charge in [-0.1, -0.05) is 0 Å². The summed E-state index contributed by atoms with van der Waals surface area (Å²) in [7, 11) is 4.13. The van der Waals surface area contributed by atoms with Gasteiger partial charge in [0.1, 0.15) is 0 Å². The molecule has 0 rings (SSSR count).